The van der Waals surface area contributed by atoms with E-state index in [0.717, 1.165) is 35.0 Å². The SMILES string of the molecule is CC(C)(O)C(=O)NC1C2CCC1CN(c1nnc(Br)s1)C2. The third-order valence-electron chi connectivity index (χ3n) is 4.35. The second-order valence-electron chi connectivity index (χ2n) is 6.40. The van der Waals surface area contributed by atoms with E-state index in [-0.39, 0.29) is 11.9 Å². The minimum atomic E-state index is -1.32. The molecule has 0 spiro atoms. The van der Waals surface area contributed by atoms with Gasteiger partial charge in [-0.25, -0.2) is 0 Å². The summed E-state index contributed by atoms with van der Waals surface area (Å²) >= 11 is 4.88. The molecule has 2 bridgehead atoms. The number of hydrogen-bond acceptors (Lipinski definition) is 6. The van der Waals surface area contributed by atoms with Gasteiger partial charge in [0.1, 0.15) is 5.60 Å². The number of amides is 1. The summed E-state index contributed by atoms with van der Waals surface area (Å²) in [6, 6.07) is 0.163. The molecule has 3 rings (SSSR count). The van der Waals surface area contributed by atoms with Crippen LogP contribution in [0.5, 0.6) is 0 Å². The van der Waals surface area contributed by atoms with Gasteiger partial charge in [0.15, 0.2) is 3.92 Å². The molecule has 2 heterocycles. The van der Waals surface area contributed by atoms with E-state index >= 15 is 0 Å². The zero-order valence-corrected chi connectivity index (χ0v) is 14.4. The summed E-state index contributed by atoms with van der Waals surface area (Å²) in [6.07, 6.45) is 2.22. The smallest absolute Gasteiger partial charge is 0.251 e. The molecule has 1 aromatic heterocycles. The summed E-state index contributed by atoms with van der Waals surface area (Å²) in [6.45, 7) is 4.82. The number of carbonyl (C=O) groups excluding carboxylic acids is 1. The quantitative estimate of drug-likeness (QED) is 0.835. The van der Waals surface area contributed by atoms with Crippen LogP contribution in [0.25, 0.3) is 0 Å². The molecule has 1 saturated heterocycles. The standard InChI is InChI=1S/C13H19BrN4O2S/c1-13(2,20)10(19)15-9-7-3-4-8(9)6-18(5-7)12-17-16-11(14)21-12/h7-9,20H,3-6H2,1-2H3,(H,15,19). The number of aliphatic hydroxyl groups is 1. The third kappa shape index (κ3) is 3.07. The number of nitrogens with zero attached hydrogens (tertiary/aromatic N) is 3. The van der Waals surface area contributed by atoms with Gasteiger partial charge in [0.05, 0.1) is 0 Å². The average molecular weight is 375 g/mol. The molecule has 0 radical (unpaired) electrons. The Morgan fingerprint density at radius 1 is 1.38 bits per heavy atom. The largest absolute Gasteiger partial charge is 0.381 e. The van der Waals surface area contributed by atoms with Gasteiger partial charge in [0.25, 0.3) is 5.91 Å². The first-order valence-electron chi connectivity index (χ1n) is 7.12. The molecule has 1 aliphatic heterocycles. The maximum Gasteiger partial charge on any atom is 0.251 e. The van der Waals surface area contributed by atoms with Crippen molar-refractivity contribution in [3.8, 4) is 0 Å². The van der Waals surface area contributed by atoms with E-state index in [0.29, 0.717) is 11.8 Å². The van der Waals surface area contributed by atoms with Crippen molar-refractivity contribution in [2.24, 2.45) is 11.8 Å². The fourth-order valence-corrected chi connectivity index (χ4v) is 4.37. The molecule has 1 amide bonds. The first-order chi connectivity index (χ1) is 9.84. The Morgan fingerprint density at radius 3 is 2.48 bits per heavy atom. The van der Waals surface area contributed by atoms with Crippen LogP contribution in [0.4, 0.5) is 5.13 Å². The van der Waals surface area contributed by atoms with Crippen LogP contribution in [-0.4, -0.2) is 45.9 Å². The second-order valence-corrected chi connectivity index (χ2v) is 8.63. The summed E-state index contributed by atoms with van der Waals surface area (Å²) in [5.74, 6) is 0.548. The van der Waals surface area contributed by atoms with Gasteiger partial charge in [-0.2, -0.15) is 0 Å². The van der Waals surface area contributed by atoms with Crippen molar-refractivity contribution in [3.63, 3.8) is 0 Å². The first kappa shape index (κ1) is 15.2. The zero-order chi connectivity index (χ0) is 15.2. The Bertz CT molecular complexity index is 531. The third-order valence-corrected chi connectivity index (χ3v) is 5.76. The van der Waals surface area contributed by atoms with Gasteiger partial charge >= 0.3 is 0 Å². The number of fused-ring (bicyclic) bond motifs is 2. The van der Waals surface area contributed by atoms with E-state index in [1.165, 1.54) is 25.2 Å². The van der Waals surface area contributed by atoms with Crippen molar-refractivity contribution in [1.82, 2.24) is 15.5 Å². The van der Waals surface area contributed by atoms with Crippen molar-refractivity contribution >= 4 is 38.3 Å². The van der Waals surface area contributed by atoms with E-state index in [1.54, 1.807) is 0 Å². The van der Waals surface area contributed by atoms with Crippen molar-refractivity contribution in [3.05, 3.63) is 3.92 Å². The summed E-state index contributed by atoms with van der Waals surface area (Å²) < 4.78 is 0.794. The average Bonchev–Trinajstić information content (AvgIpc) is 2.90. The van der Waals surface area contributed by atoms with E-state index in [2.05, 4.69) is 36.3 Å². The maximum absolute atomic E-state index is 12.0. The van der Waals surface area contributed by atoms with Crippen molar-refractivity contribution < 1.29 is 9.90 Å². The zero-order valence-electron chi connectivity index (χ0n) is 12.0. The fourth-order valence-electron chi connectivity index (χ4n) is 3.27. The number of hydrogen-bond donors (Lipinski definition) is 2. The highest BCUT2D eigenvalue weighted by Gasteiger charge is 2.44. The molecule has 2 unspecified atom stereocenters. The Morgan fingerprint density at radius 2 is 2.00 bits per heavy atom. The predicted octanol–water partition coefficient (Wildman–Crippen LogP) is 1.40. The summed E-state index contributed by atoms with van der Waals surface area (Å²) in [4.78, 5) is 14.3. The molecule has 8 heteroatoms. The molecule has 21 heavy (non-hydrogen) atoms. The molecular weight excluding hydrogens is 356 g/mol. The monoisotopic (exact) mass is 374 g/mol. The van der Waals surface area contributed by atoms with Gasteiger partial charge in [-0.1, -0.05) is 11.3 Å². The number of anilines is 1. The Balaban J connectivity index is 1.68. The predicted molar refractivity (Wildman–Crippen MR) is 84.3 cm³/mol. The molecule has 1 saturated carbocycles. The Labute approximate surface area is 136 Å². The molecular formula is C13H19BrN4O2S. The number of rotatable bonds is 3. The highest BCUT2D eigenvalue weighted by atomic mass is 79.9. The lowest BCUT2D eigenvalue weighted by molar-refractivity contribution is -0.137. The molecule has 2 N–H and O–H groups in total. The van der Waals surface area contributed by atoms with E-state index in [4.69, 9.17) is 0 Å². The number of aromatic nitrogens is 2. The van der Waals surface area contributed by atoms with Crippen LogP contribution < -0.4 is 10.2 Å². The first-order valence-corrected chi connectivity index (χ1v) is 8.73. The van der Waals surface area contributed by atoms with Crippen LogP contribution in [0.1, 0.15) is 26.7 Å². The van der Waals surface area contributed by atoms with E-state index < -0.39 is 5.60 Å². The highest BCUT2D eigenvalue weighted by molar-refractivity contribution is 9.11. The van der Waals surface area contributed by atoms with Gasteiger partial charge in [0.2, 0.25) is 5.13 Å². The van der Waals surface area contributed by atoms with Crippen molar-refractivity contribution in [2.75, 3.05) is 18.0 Å². The van der Waals surface area contributed by atoms with Crippen molar-refractivity contribution in [1.29, 1.82) is 0 Å². The van der Waals surface area contributed by atoms with Crippen molar-refractivity contribution in [2.45, 2.75) is 38.3 Å². The Kier molecular flexibility index (Phi) is 3.96. The molecule has 2 atom stereocenters. The normalized spacial score (nSPS) is 28.8. The molecule has 1 aromatic rings. The number of halogens is 1. The lowest BCUT2D eigenvalue weighted by Crippen LogP contribution is -2.56. The van der Waals surface area contributed by atoms with Gasteiger partial charge < -0.3 is 15.3 Å². The highest BCUT2D eigenvalue weighted by Crippen LogP contribution is 2.39. The minimum Gasteiger partial charge on any atom is -0.381 e. The second kappa shape index (κ2) is 5.48. The fraction of sp³-hybridized carbons (Fsp3) is 0.769. The van der Waals surface area contributed by atoms with E-state index in [1.807, 2.05) is 0 Å². The summed E-state index contributed by atoms with van der Waals surface area (Å²) in [7, 11) is 0. The van der Waals surface area contributed by atoms with Crippen LogP contribution in [0, 0.1) is 11.8 Å². The van der Waals surface area contributed by atoms with Gasteiger partial charge in [-0.3, -0.25) is 4.79 Å². The van der Waals surface area contributed by atoms with Crippen LogP contribution in [0.2, 0.25) is 0 Å². The van der Waals surface area contributed by atoms with Gasteiger partial charge in [-0.15, -0.1) is 10.2 Å². The molecule has 6 nitrogen and oxygen atoms in total. The van der Waals surface area contributed by atoms with Crippen LogP contribution in [0.3, 0.4) is 0 Å². The summed E-state index contributed by atoms with van der Waals surface area (Å²) in [5.41, 5.74) is -1.32. The van der Waals surface area contributed by atoms with Crippen LogP contribution in [-0.2, 0) is 4.79 Å². The number of nitrogens with one attached hydrogen (secondary N) is 1. The van der Waals surface area contributed by atoms with Gasteiger partial charge in [0, 0.05) is 19.1 Å². The van der Waals surface area contributed by atoms with Gasteiger partial charge in [-0.05, 0) is 54.5 Å². The van der Waals surface area contributed by atoms with Crippen LogP contribution >= 0.6 is 27.3 Å². The number of piperidine rings is 1. The maximum atomic E-state index is 12.0. The topological polar surface area (TPSA) is 78.4 Å². The lowest BCUT2D eigenvalue weighted by Gasteiger charge is -2.38. The minimum absolute atomic E-state index is 0.163. The molecule has 2 aliphatic rings. The lowest BCUT2D eigenvalue weighted by atomic mass is 9.91. The molecule has 1 aliphatic carbocycles. The van der Waals surface area contributed by atoms with E-state index in [9.17, 15) is 9.90 Å². The molecule has 116 valence electrons. The van der Waals surface area contributed by atoms with Crippen LogP contribution in [0.15, 0.2) is 3.92 Å². The summed E-state index contributed by atoms with van der Waals surface area (Å²) in [5, 5.41) is 22.0. The Hall–Kier alpha value is -0.730. The number of carbonyl (C=O) groups is 1. The molecule has 2 fully saturated rings. The molecule has 0 aromatic carbocycles.